The largest absolute Gasteiger partial charge is 0.428 e. The molecule has 0 bridgehead atoms. The molecule has 0 spiro atoms. The monoisotopic (exact) mass is 206 g/mol. The van der Waals surface area contributed by atoms with E-state index in [4.69, 9.17) is 4.74 Å². The highest BCUT2D eigenvalue weighted by atomic mass is 16.5. The molecule has 0 aliphatic carbocycles. The number of rotatable bonds is 2. The van der Waals surface area contributed by atoms with E-state index in [0.717, 1.165) is 11.1 Å². The van der Waals surface area contributed by atoms with Gasteiger partial charge in [0.2, 0.25) is 0 Å². The molecule has 0 aliphatic heterocycles. The first-order valence-electron chi connectivity index (χ1n) is 5.08. The minimum atomic E-state index is -0.0177. The molecule has 1 rings (SSSR count). The molecule has 2 nitrogen and oxygen atoms in total. The second-order valence-electron chi connectivity index (χ2n) is 4.92. The van der Waals surface area contributed by atoms with Crippen molar-refractivity contribution >= 4 is 6.47 Å². The molecule has 0 aromatic heterocycles. The quantitative estimate of drug-likeness (QED) is 0.695. The highest BCUT2D eigenvalue weighted by molar-refractivity contribution is 5.53. The van der Waals surface area contributed by atoms with E-state index >= 15 is 0 Å². The molecular weight excluding hydrogens is 188 g/mol. The van der Waals surface area contributed by atoms with E-state index in [1.165, 1.54) is 5.56 Å². The van der Waals surface area contributed by atoms with Gasteiger partial charge in [-0.1, -0.05) is 26.8 Å². The highest BCUT2D eigenvalue weighted by Crippen LogP contribution is 2.34. The summed E-state index contributed by atoms with van der Waals surface area (Å²) in [4.78, 5) is 10.5. The maximum atomic E-state index is 10.5. The topological polar surface area (TPSA) is 26.3 Å². The summed E-state index contributed by atoms with van der Waals surface area (Å²) in [6.07, 6.45) is 0. The summed E-state index contributed by atoms with van der Waals surface area (Å²) in [5, 5.41) is 0. The van der Waals surface area contributed by atoms with E-state index in [2.05, 4.69) is 26.8 Å². The lowest BCUT2D eigenvalue weighted by atomic mass is 9.83. The fourth-order valence-corrected chi connectivity index (χ4v) is 2.03. The number of carbonyl (C=O) groups is 1. The minimum absolute atomic E-state index is 0.0177. The van der Waals surface area contributed by atoms with Crippen LogP contribution in [0.4, 0.5) is 0 Å². The van der Waals surface area contributed by atoms with E-state index < -0.39 is 0 Å². The first-order chi connectivity index (χ1) is 6.86. The van der Waals surface area contributed by atoms with E-state index in [0.29, 0.717) is 12.2 Å². The summed E-state index contributed by atoms with van der Waals surface area (Å²) in [7, 11) is 0. The van der Waals surface area contributed by atoms with E-state index in [1.807, 2.05) is 19.9 Å². The Morgan fingerprint density at radius 3 is 2.27 bits per heavy atom. The summed E-state index contributed by atoms with van der Waals surface area (Å²) < 4.78 is 5.04. The zero-order chi connectivity index (χ0) is 11.6. The number of benzene rings is 1. The van der Waals surface area contributed by atoms with Crippen molar-refractivity contribution in [2.45, 2.75) is 40.0 Å². The molecule has 0 unspecified atom stereocenters. The Hall–Kier alpha value is -1.31. The van der Waals surface area contributed by atoms with Crippen LogP contribution in [0.2, 0.25) is 0 Å². The summed E-state index contributed by atoms with van der Waals surface area (Å²) >= 11 is 0. The summed E-state index contributed by atoms with van der Waals surface area (Å²) in [6, 6.07) is 4.01. The predicted octanol–water partition coefficient (Wildman–Crippen LogP) is 3.14. The Morgan fingerprint density at radius 2 is 1.80 bits per heavy atom. The molecule has 82 valence electrons. The molecule has 0 atom stereocenters. The van der Waals surface area contributed by atoms with Crippen LogP contribution in [0.25, 0.3) is 0 Å². The second kappa shape index (κ2) is 4.05. The molecule has 0 radical (unpaired) electrons. The summed E-state index contributed by atoms with van der Waals surface area (Å²) in [5.41, 5.74) is 3.35. The smallest absolute Gasteiger partial charge is 0.298 e. The number of hydrogen-bond donors (Lipinski definition) is 0. The maximum Gasteiger partial charge on any atom is 0.298 e. The standard InChI is InChI=1S/C13H18O2/c1-9-6-10(2)12(13(3,4)5)11(7-9)15-8-14/h6-8H,1-5H3. The maximum absolute atomic E-state index is 10.5. The van der Waals surface area contributed by atoms with Crippen molar-refractivity contribution in [3.05, 3.63) is 28.8 Å². The van der Waals surface area contributed by atoms with E-state index in [9.17, 15) is 4.79 Å². The SMILES string of the molecule is Cc1cc(C)c(C(C)(C)C)c(OC=O)c1. The van der Waals surface area contributed by atoms with Crippen LogP contribution in [-0.4, -0.2) is 6.47 Å². The van der Waals surface area contributed by atoms with E-state index in [-0.39, 0.29) is 5.41 Å². The lowest BCUT2D eigenvalue weighted by Crippen LogP contribution is -2.15. The second-order valence-corrected chi connectivity index (χ2v) is 4.92. The lowest BCUT2D eigenvalue weighted by Gasteiger charge is -2.24. The van der Waals surface area contributed by atoms with Crippen LogP contribution in [0, 0.1) is 13.8 Å². The van der Waals surface area contributed by atoms with Crippen LogP contribution in [-0.2, 0) is 10.2 Å². The fraction of sp³-hybridized carbons (Fsp3) is 0.462. The van der Waals surface area contributed by atoms with Crippen molar-refractivity contribution in [3.8, 4) is 5.75 Å². The molecule has 0 fully saturated rings. The van der Waals surface area contributed by atoms with Crippen molar-refractivity contribution in [1.82, 2.24) is 0 Å². The summed E-state index contributed by atoms with van der Waals surface area (Å²) in [6.45, 7) is 10.9. The van der Waals surface area contributed by atoms with Gasteiger partial charge in [-0.05, 0) is 36.5 Å². The molecule has 0 saturated heterocycles. The van der Waals surface area contributed by atoms with Crippen LogP contribution in [0.1, 0.15) is 37.5 Å². The Bertz CT molecular complexity index is 373. The van der Waals surface area contributed by atoms with Crippen LogP contribution in [0.15, 0.2) is 12.1 Å². The van der Waals surface area contributed by atoms with Gasteiger partial charge in [-0.25, -0.2) is 0 Å². The first-order valence-corrected chi connectivity index (χ1v) is 5.08. The molecule has 2 heteroatoms. The van der Waals surface area contributed by atoms with Gasteiger partial charge in [0.1, 0.15) is 5.75 Å². The average molecular weight is 206 g/mol. The van der Waals surface area contributed by atoms with Gasteiger partial charge in [-0.2, -0.15) is 0 Å². The van der Waals surface area contributed by atoms with Gasteiger partial charge in [0, 0.05) is 5.56 Å². The Morgan fingerprint density at radius 1 is 1.20 bits per heavy atom. The highest BCUT2D eigenvalue weighted by Gasteiger charge is 2.21. The van der Waals surface area contributed by atoms with Crippen LogP contribution in [0.5, 0.6) is 5.75 Å². The van der Waals surface area contributed by atoms with Gasteiger partial charge < -0.3 is 4.74 Å². The van der Waals surface area contributed by atoms with Gasteiger partial charge in [-0.3, -0.25) is 4.79 Å². The third-order valence-corrected chi connectivity index (χ3v) is 2.37. The fourth-order valence-electron chi connectivity index (χ4n) is 2.03. The summed E-state index contributed by atoms with van der Waals surface area (Å²) in [5.74, 6) is 0.676. The number of carbonyl (C=O) groups excluding carboxylic acids is 1. The van der Waals surface area contributed by atoms with E-state index in [1.54, 1.807) is 0 Å². The third-order valence-electron chi connectivity index (χ3n) is 2.37. The molecule has 0 saturated carbocycles. The molecule has 1 aromatic carbocycles. The average Bonchev–Trinajstić information content (AvgIpc) is 1.99. The molecule has 0 heterocycles. The van der Waals surface area contributed by atoms with Crippen molar-refractivity contribution in [2.24, 2.45) is 0 Å². The van der Waals surface area contributed by atoms with Crippen LogP contribution >= 0.6 is 0 Å². The molecule has 0 amide bonds. The molecular formula is C13H18O2. The number of ether oxygens (including phenoxy) is 1. The molecule has 0 aliphatic rings. The van der Waals surface area contributed by atoms with Gasteiger partial charge in [0.25, 0.3) is 6.47 Å². The Balaban J connectivity index is 3.39. The van der Waals surface area contributed by atoms with Crippen LogP contribution < -0.4 is 4.74 Å². The van der Waals surface area contributed by atoms with Crippen molar-refractivity contribution in [1.29, 1.82) is 0 Å². The van der Waals surface area contributed by atoms with Gasteiger partial charge in [-0.15, -0.1) is 0 Å². The lowest BCUT2D eigenvalue weighted by molar-refractivity contribution is -0.120. The third kappa shape index (κ3) is 2.58. The van der Waals surface area contributed by atoms with Crippen LogP contribution in [0.3, 0.4) is 0 Å². The zero-order valence-corrected chi connectivity index (χ0v) is 10.0. The zero-order valence-electron chi connectivity index (χ0n) is 10.0. The first kappa shape index (κ1) is 11.8. The Labute approximate surface area is 91.3 Å². The molecule has 15 heavy (non-hydrogen) atoms. The molecule has 0 N–H and O–H groups in total. The molecule has 1 aromatic rings. The predicted molar refractivity (Wildman–Crippen MR) is 61.3 cm³/mol. The number of aryl methyl sites for hydroxylation is 2. The van der Waals surface area contributed by atoms with Crippen molar-refractivity contribution in [3.63, 3.8) is 0 Å². The van der Waals surface area contributed by atoms with Gasteiger partial charge >= 0.3 is 0 Å². The Kier molecular flexibility index (Phi) is 3.18. The van der Waals surface area contributed by atoms with Crippen molar-refractivity contribution in [2.75, 3.05) is 0 Å². The minimum Gasteiger partial charge on any atom is -0.428 e. The van der Waals surface area contributed by atoms with Gasteiger partial charge in [0.15, 0.2) is 0 Å². The number of hydrogen-bond acceptors (Lipinski definition) is 2. The van der Waals surface area contributed by atoms with Crippen molar-refractivity contribution < 1.29 is 9.53 Å². The normalized spacial score (nSPS) is 11.3. The van der Waals surface area contributed by atoms with Gasteiger partial charge in [0.05, 0.1) is 0 Å².